The van der Waals surface area contributed by atoms with Crippen molar-refractivity contribution in [2.75, 3.05) is 19.5 Å². The smallest absolute Gasteiger partial charge is 0.214 e. The predicted molar refractivity (Wildman–Crippen MR) is 73.0 cm³/mol. The molecular formula is C13H21NO3S. The van der Waals surface area contributed by atoms with Gasteiger partial charge in [0.15, 0.2) is 0 Å². The van der Waals surface area contributed by atoms with E-state index >= 15 is 0 Å². The quantitative estimate of drug-likeness (QED) is 0.781. The zero-order valence-corrected chi connectivity index (χ0v) is 11.7. The summed E-state index contributed by atoms with van der Waals surface area (Å²) < 4.78 is 30.7. The second-order valence-electron chi connectivity index (χ2n) is 4.35. The number of aryl methyl sites for hydroxylation is 1. The van der Waals surface area contributed by atoms with Gasteiger partial charge in [-0.05, 0) is 25.3 Å². The Labute approximate surface area is 109 Å². The van der Waals surface area contributed by atoms with Crippen LogP contribution in [0.1, 0.15) is 18.9 Å². The van der Waals surface area contributed by atoms with Crippen LogP contribution >= 0.6 is 0 Å². The van der Waals surface area contributed by atoms with Crippen LogP contribution in [0.4, 0.5) is 0 Å². The molecular weight excluding hydrogens is 250 g/mol. The van der Waals surface area contributed by atoms with Gasteiger partial charge in [0.1, 0.15) is 0 Å². The van der Waals surface area contributed by atoms with E-state index in [0.29, 0.717) is 0 Å². The van der Waals surface area contributed by atoms with Crippen LogP contribution in [0.15, 0.2) is 30.3 Å². The molecule has 102 valence electrons. The number of methoxy groups -OCH3 is 1. The normalized spacial score (nSPS) is 13.4. The molecule has 18 heavy (non-hydrogen) atoms. The van der Waals surface area contributed by atoms with E-state index in [9.17, 15) is 8.42 Å². The monoisotopic (exact) mass is 271 g/mol. The van der Waals surface area contributed by atoms with Crippen molar-refractivity contribution in [3.8, 4) is 0 Å². The van der Waals surface area contributed by atoms with Gasteiger partial charge in [0.05, 0.1) is 12.4 Å². The zero-order chi connectivity index (χ0) is 13.4. The molecule has 0 aliphatic rings. The lowest BCUT2D eigenvalue weighted by molar-refractivity contribution is 0.216. The molecule has 0 spiro atoms. The molecule has 1 rings (SSSR count). The molecule has 0 heterocycles. The number of benzene rings is 1. The molecule has 1 aromatic rings. The van der Waals surface area contributed by atoms with Crippen molar-refractivity contribution in [1.29, 1.82) is 0 Å². The van der Waals surface area contributed by atoms with Crippen molar-refractivity contribution in [2.24, 2.45) is 0 Å². The minimum atomic E-state index is -3.22. The molecule has 5 heteroatoms. The van der Waals surface area contributed by atoms with Crippen LogP contribution in [0.3, 0.4) is 0 Å². The summed E-state index contributed by atoms with van der Waals surface area (Å²) in [5.74, 6) is 0.0131. The zero-order valence-electron chi connectivity index (χ0n) is 10.9. The number of rotatable bonds is 8. The minimum absolute atomic E-state index is 0.0131. The van der Waals surface area contributed by atoms with E-state index in [1.54, 1.807) is 0 Å². The molecule has 0 bridgehead atoms. The van der Waals surface area contributed by atoms with Crippen molar-refractivity contribution in [1.82, 2.24) is 4.72 Å². The van der Waals surface area contributed by atoms with Gasteiger partial charge in [-0.1, -0.05) is 30.3 Å². The third-order valence-corrected chi connectivity index (χ3v) is 4.11. The Bertz CT molecular complexity index is 431. The van der Waals surface area contributed by atoms with E-state index in [2.05, 4.69) is 4.72 Å². The second-order valence-corrected chi connectivity index (χ2v) is 6.23. The molecule has 0 radical (unpaired) electrons. The molecule has 0 aromatic heterocycles. The van der Waals surface area contributed by atoms with Gasteiger partial charge in [-0.3, -0.25) is 0 Å². The number of hydrogen-bond acceptors (Lipinski definition) is 3. The largest absolute Gasteiger partial charge is 0.384 e. The van der Waals surface area contributed by atoms with Crippen molar-refractivity contribution < 1.29 is 13.2 Å². The molecule has 4 nitrogen and oxygen atoms in total. The molecule has 1 aromatic carbocycles. The highest BCUT2D eigenvalue weighted by Crippen LogP contribution is 2.05. The molecule has 1 N–H and O–H groups in total. The van der Waals surface area contributed by atoms with Crippen molar-refractivity contribution >= 4 is 10.0 Å². The van der Waals surface area contributed by atoms with Crippen LogP contribution < -0.4 is 4.72 Å². The first kappa shape index (κ1) is 15.1. The third-order valence-electron chi connectivity index (χ3n) is 2.65. The highest BCUT2D eigenvalue weighted by molar-refractivity contribution is 7.89. The maximum absolute atomic E-state index is 11.6. The molecule has 0 unspecified atom stereocenters. The standard InChI is InChI=1S/C13H21NO3S/c1-12(14-18(15,16)11-10-17-2)8-9-13-6-4-3-5-7-13/h3-7,12,14H,8-11H2,1-2H3/t12-/m0/s1. The summed E-state index contributed by atoms with van der Waals surface area (Å²) in [6.07, 6.45) is 1.66. The number of hydrogen-bond donors (Lipinski definition) is 1. The van der Waals surface area contributed by atoms with Gasteiger partial charge in [-0.2, -0.15) is 0 Å². The van der Waals surface area contributed by atoms with Gasteiger partial charge in [0.2, 0.25) is 10.0 Å². The fourth-order valence-corrected chi connectivity index (χ4v) is 2.88. The lowest BCUT2D eigenvalue weighted by atomic mass is 10.1. The summed E-state index contributed by atoms with van der Waals surface area (Å²) in [7, 11) is -1.73. The SMILES string of the molecule is COCCS(=O)(=O)N[C@@H](C)CCc1ccccc1. The highest BCUT2D eigenvalue weighted by atomic mass is 32.2. The lowest BCUT2D eigenvalue weighted by Gasteiger charge is -2.14. The van der Waals surface area contributed by atoms with Gasteiger partial charge in [0, 0.05) is 13.2 Å². The van der Waals surface area contributed by atoms with E-state index in [1.165, 1.54) is 12.7 Å². The fraction of sp³-hybridized carbons (Fsp3) is 0.538. The van der Waals surface area contributed by atoms with Crippen LogP contribution in [0.2, 0.25) is 0 Å². The highest BCUT2D eigenvalue weighted by Gasteiger charge is 2.13. The van der Waals surface area contributed by atoms with Crippen LogP contribution in [-0.2, 0) is 21.2 Å². The molecule has 0 saturated carbocycles. The lowest BCUT2D eigenvalue weighted by Crippen LogP contribution is -2.35. The Hall–Kier alpha value is -0.910. The van der Waals surface area contributed by atoms with Gasteiger partial charge >= 0.3 is 0 Å². The maximum atomic E-state index is 11.6. The van der Waals surface area contributed by atoms with Crippen molar-refractivity contribution in [3.05, 3.63) is 35.9 Å². The summed E-state index contributed by atoms with van der Waals surface area (Å²) in [5.41, 5.74) is 1.22. The number of ether oxygens (including phenoxy) is 1. The molecule has 0 aliphatic carbocycles. The molecule has 0 aliphatic heterocycles. The summed E-state index contributed by atoms with van der Waals surface area (Å²) in [4.78, 5) is 0. The Morgan fingerprint density at radius 2 is 1.94 bits per heavy atom. The Balaban J connectivity index is 2.35. The van der Waals surface area contributed by atoms with Crippen LogP contribution in [-0.4, -0.2) is 33.9 Å². The first-order valence-corrected chi connectivity index (χ1v) is 7.71. The average Bonchev–Trinajstić information content (AvgIpc) is 2.35. The van der Waals surface area contributed by atoms with Gasteiger partial charge in [-0.15, -0.1) is 0 Å². The first-order chi connectivity index (χ1) is 8.53. The summed E-state index contributed by atoms with van der Waals surface area (Å²) >= 11 is 0. The molecule has 1 atom stereocenters. The van der Waals surface area contributed by atoms with Crippen molar-refractivity contribution in [3.63, 3.8) is 0 Å². The number of sulfonamides is 1. The second kappa shape index (κ2) is 7.51. The third kappa shape index (κ3) is 6.14. The summed E-state index contributed by atoms with van der Waals surface area (Å²) in [6, 6.07) is 9.98. The van der Waals surface area contributed by atoms with Crippen LogP contribution in [0.5, 0.6) is 0 Å². The predicted octanol–water partition coefficient (Wildman–Crippen LogP) is 1.57. The van der Waals surface area contributed by atoms with Crippen LogP contribution in [0, 0.1) is 0 Å². The van der Waals surface area contributed by atoms with Gasteiger partial charge in [0.25, 0.3) is 0 Å². The van der Waals surface area contributed by atoms with E-state index in [4.69, 9.17) is 4.74 Å². The fourth-order valence-electron chi connectivity index (χ4n) is 1.65. The van der Waals surface area contributed by atoms with E-state index in [0.717, 1.165) is 12.8 Å². The van der Waals surface area contributed by atoms with E-state index in [-0.39, 0.29) is 18.4 Å². The number of nitrogens with one attached hydrogen (secondary N) is 1. The maximum Gasteiger partial charge on any atom is 0.214 e. The van der Waals surface area contributed by atoms with Gasteiger partial charge < -0.3 is 4.74 Å². The van der Waals surface area contributed by atoms with Crippen molar-refractivity contribution in [2.45, 2.75) is 25.8 Å². The summed E-state index contributed by atoms with van der Waals surface area (Å²) in [6.45, 7) is 2.11. The Kier molecular flexibility index (Phi) is 6.32. The molecule has 0 saturated heterocycles. The van der Waals surface area contributed by atoms with Crippen LogP contribution in [0.25, 0.3) is 0 Å². The first-order valence-electron chi connectivity index (χ1n) is 6.06. The Morgan fingerprint density at radius 1 is 1.28 bits per heavy atom. The van der Waals surface area contributed by atoms with E-state index < -0.39 is 10.0 Å². The average molecular weight is 271 g/mol. The van der Waals surface area contributed by atoms with Gasteiger partial charge in [-0.25, -0.2) is 13.1 Å². The van der Waals surface area contributed by atoms with E-state index in [1.807, 2.05) is 37.3 Å². The molecule has 0 fully saturated rings. The minimum Gasteiger partial charge on any atom is -0.384 e. The summed E-state index contributed by atoms with van der Waals surface area (Å²) in [5, 5.41) is 0. The molecule has 0 amide bonds. The topological polar surface area (TPSA) is 55.4 Å². The Morgan fingerprint density at radius 3 is 2.56 bits per heavy atom.